The van der Waals surface area contributed by atoms with Crippen LogP contribution < -0.4 is 0 Å². The fourth-order valence-electron chi connectivity index (χ4n) is 2.07. The van der Waals surface area contributed by atoms with Crippen molar-refractivity contribution >= 4 is 0 Å². The highest BCUT2D eigenvalue weighted by Gasteiger charge is 2.15. The van der Waals surface area contributed by atoms with Gasteiger partial charge < -0.3 is 0 Å². The average Bonchev–Trinajstić information content (AvgIpc) is 2.92. The van der Waals surface area contributed by atoms with E-state index in [-0.39, 0.29) is 0 Å². The molecule has 2 aromatic heterocycles. The van der Waals surface area contributed by atoms with Gasteiger partial charge in [-0.1, -0.05) is 17.3 Å². The Hall–Kier alpha value is -3.00. The van der Waals surface area contributed by atoms with Crippen molar-refractivity contribution in [3.63, 3.8) is 0 Å². The van der Waals surface area contributed by atoms with E-state index < -0.39 is 0 Å². The molecule has 0 amide bonds. The largest absolute Gasteiger partial charge is 0.265 e. The molecule has 5 heteroatoms. The van der Waals surface area contributed by atoms with E-state index in [9.17, 15) is 5.26 Å². The molecule has 2 heterocycles. The van der Waals surface area contributed by atoms with Crippen LogP contribution in [0.5, 0.6) is 0 Å². The van der Waals surface area contributed by atoms with E-state index in [1.54, 1.807) is 17.1 Å². The maximum absolute atomic E-state index is 9.21. The third kappa shape index (κ3) is 2.04. The number of pyridine rings is 1. The molecule has 96 valence electrons. The van der Waals surface area contributed by atoms with Crippen molar-refractivity contribution < 1.29 is 0 Å². The Morgan fingerprint density at radius 2 is 1.95 bits per heavy atom. The molecule has 0 aliphatic carbocycles. The Labute approximate surface area is 116 Å². The van der Waals surface area contributed by atoms with Gasteiger partial charge in [0.2, 0.25) is 0 Å². The first-order valence-corrected chi connectivity index (χ1v) is 6.13. The molecular formula is C15H11N5. The Morgan fingerprint density at radius 3 is 2.65 bits per heavy atom. The lowest BCUT2D eigenvalue weighted by Gasteiger charge is -2.07. The molecule has 0 aliphatic heterocycles. The van der Waals surface area contributed by atoms with Gasteiger partial charge in [0.1, 0.15) is 11.8 Å². The summed E-state index contributed by atoms with van der Waals surface area (Å²) in [4.78, 5) is 3.99. The Bertz CT molecular complexity index is 784. The zero-order chi connectivity index (χ0) is 13.9. The Morgan fingerprint density at radius 1 is 1.15 bits per heavy atom. The van der Waals surface area contributed by atoms with Crippen LogP contribution in [0.15, 0.2) is 48.8 Å². The van der Waals surface area contributed by atoms with Crippen LogP contribution in [0.3, 0.4) is 0 Å². The summed E-state index contributed by atoms with van der Waals surface area (Å²) >= 11 is 0. The standard InChI is InChI=1S/C15H11N5/c1-11-3-2-4-13(9-11)20-15(14(10-16)18-19-20)12-5-7-17-8-6-12/h2-9H,1H3. The lowest BCUT2D eigenvalue weighted by atomic mass is 10.1. The topological polar surface area (TPSA) is 67.4 Å². The van der Waals surface area contributed by atoms with E-state index >= 15 is 0 Å². The fourth-order valence-corrected chi connectivity index (χ4v) is 2.07. The number of nitrogens with zero attached hydrogens (tertiary/aromatic N) is 5. The minimum atomic E-state index is 0.303. The van der Waals surface area contributed by atoms with E-state index in [0.717, 1.165) is 16.8 Å². The van der Waals surface area contributed by atoms with Gasteiger partial charge in [-0.2, -0.15) is 5.26 Å². The van der Waals surface area contributed by atoms with Gasteiger partial charge in [-0.15, -0.1) is 5.10 Å². The second kappa shape index (κ2) is 4.94. The molecular weight excluding hydrogens is 250 g/mol. The van der Waals surface area contributed by atoms with Gasteiger partial charge in [0.05, 0.1) is 5.69 Å². The highest BCUT2D eigenvalue weighted by molar-refractivity contribution is 5.66. The monoisotopic (exact) mass is 261 g/mol. The van der Waals surface area contributed by atoms with Crippen molar-refractivity contribution in [2.45, 2.75) is 6.92 Å². The van der Waals surface area contributed by atoms with Crippen LogP contribution in [-0.2, 0) is 0 Å². The number of aryl methyl sites for hydroxylation is 1. The average molecular weight is 261 g/mol. The molecule has 1 aromatic carbocycles. The van der Waals surface area contributed by atoms with Gasteiger partial charge >= 0.3 is 0 Å². The molecule has 0 unspecified atom stereocenters. The van der Waals surface area contributed by atoms with E-state index in [1.165, 1.54) is 0 Å². The van der Waals surface area contributed by atoms with E-state index in [2.05, 4.69) is 21.4 Å². The molecule has 3 rings (SSSR count). The molecule has 0 saturated carbocycles. The zero-order valence-corrected chi connectivity index (χ0v) is 10.9. The van der Waals surface area contributed by atoms with Crippen LogP contribution in [0, 0.1) is 18.3 Å². The van der Waals surface area contributed by atoms with Crippen molar-refractivity contribution in [2.75, 3.05) is 0 Å². The number of hydrogen-bond acceptors (Lipinski definition) is 4. The van der Waals surface area contributed by atoms with Crippen LogP contribution in [0.25, 0.3) is 16.9 Å². The van der Waals surface area contributed by atoms with Gasteiger partial charge in [0, 0.05) is 18.0 Å². The molecule has 0 N–H and O–H groups in total. The predicted molar refractivity (Wildman–Crippen MR) is 74.0 cm³/mol. The summed E-state index contributed by atoms with van der Waals surface area (Å²) in [6.45, 7) is 2.01. The fraction of sp³-hybridized carbons (Fsp3) is 0.0667. The van der Waals surface area contributed by atoms with Gasteiger partial charge in [0.15, 0.2) is 5.69 Å². The summed E-state index contributed by atoms with van der Waals surface area (Å²) < 4.78 is 1.68. The maximum atomic E-state index is 9.21. The van der Waals surface area contributed by atoms with Gasteiger partial charge in [0.25, 0.3) is 0 Å². The number of benzene rings is 1. The molecule has 0 aliphatic rings. The summed E-state index contributed by atoms with van der Waals surface area (Å²) in [6, 6.07) is 13.7. The highest BCUT2D eigenvalue weighted by Crippen LogP contribution is 2.24. The van der Waals surface area contributed by atoms with Crippen molar-refractivity contribution in [1.29, 1.82) is 5.26 Å². The van der Waals surface area contributed by atoms with Crippen LogP contribution in [-0.4, -0.2) is 20.0 Å². The van der Waals surface area contributed by atoms with Crippen molar-refractivity contribution in [1.82, 2.24) is 20.0 Å². The first-order valence-electron chi connectivity index (χ1n) is 6.13. The summed E-state index contributed by atoms with van der Waals surface area (Å²) in [5.74, 6) is 0. The zero-order valence-electron chi connectivity index (χ0n) is 10.9. The normalized spacial score (nSPS) is 10.2. The highest BCUT2D eigenvalue weighted by atomic mass is 15.4. The third-order valence-corrected chi connectivity index (χ3v) is 2.98. The van der Waals surface area contributed by atoms with Crippen molar-refractivity contribution in [3.05, 3.63) is 60.0 Å². The second-order valence-corrected chi connectivity index (χ2v) is 4.39. The third-order valence-electron chi connectivity index (χ3n) is 2.98. The smallest absolute Gasteiger partial charge is 0.191 e. The van der Waals surface area contributed by atoms with E-state index in [0.29, 0.717) is 11.4 Å². The molecule has 0 saturated heterocycles. The predicted octanol–water partition coefficient (Wildman–Crippen LogP) is 2.51. The summed E-state index contributed by atoms with van der Waals surface area (Å²) in [5, 5.41) is 17.3. The molecule has 0 bridgehead atoms. The van der Waals surface area contributed by atoms with Crippen molar-refractivity contribution in [3.8, 4) is 23.0 Å². The molecule has 0 radical (unpaired) electrons. The minimum absolute atomic E-state index is 0.303. The number of nitriles is 1. The molecule has 0 spiro atoms. The molecule has 5 nitrogen and oxygen atoms in total. The van der Waals surface area contributed by atoms with Crippen LogP contribution in [0.2, 0.25) is 0 Å². The molecule has 3 aromatic rings. The summed E-state index contributed by atoms with van der Waals surface area (Å²) in [6.07, 6.45) is 3.37. The quantitative estimate of drug-likeness (QED) is 0.710. The lowest BCUT2D eigenvalue weighted by Crippen LogP contribution is -2.00. The first-order chi connectivity index (χ1) is 9.79. The van der Waals surface area contributed by atoms with Gasteiger partial charge in [-0.3, -0.25) is 4.98 Å². The van der Waals surface area contributed by atoms with E-state index in [1.807, 2.05) is 43.3 Å². The molecule has 0 atom stereocenters. The minimum Gasteiger partial charge on any atom is -0.265 e. The first kappa shape index (κ1) is 12.1. The SMILES string of the molecule is Cc1cccc(-n2nnc(C#N)c2-c2ccncc2)c1. The van der Waals surface area contributed by atoms with Crippen molar-refractivity contribution in [2.24, 2.45) is 0 Å². The maximum Gasteiger partial charge on any atom is 0.191 e. The molecule has 20 heavy (non-hydrogen) atoms. The number of hydrogen-bond donors (Lipinski definition) is 0. The van der Waals surface area contributed by atoms with Crippen LogP contribution in [0.4, 0.5) is 0 Å². The summed E-state index contributed by atoms with van der Waals surface area (Å²) in [7, 11) is 0. The number of rotatable bonds is 2. The van der Waals surface area contributed by atoms with Crippen LogP contribution in [0.1, 0.15) is 11.3 Å². The van der Waals surface area contributed by atoms with E-state index in [4.69, 9.17) is 0 Å². The number of aromatic nitrogens is 4. The Balaban J connectivity index is 2.24. The Kier molecular flexibility index (Phi) is 2.98. The van der Waals surface area contributed by atoms with Gasteiger partial charge in [-0.05, 0) is 36.8 Å². The second-order valence-electron chi connectivity index (χ2n) is 4.39. The van der Waals surface area contributed by atoms with Crippen LogP contribution >= 0.6 is 0 Å². The molecule has 0 fully saturated rings. The lowest BCUT2D eigenvalue weighted by molar-refractivity contribution is 0.806. The summed E-state index contributed by atoms with van der Waals surface area (Å²) in [5.41, 5.74) is 3.85. The van der Waals surface area contributed by atoms with Gasteiger partial charge in [-0.25, -0.2) is 4.68 Å².